The van der Waals surface area contributed by atoms with Crippen molar-refractivity contribution >= 4 is 22.5 Å². The van der Waals surface area contributed by atoms with E-state index in [0.29, 0.717) is 5.56 Å². The van der Waals surface area contributed by atoms with Crippen molar-refractivity contribution in [3.63, 3.8) is 0 Å². The van der Waals surface area contributed by atoms with E-state index in [1.54, 1.807) is 16.9 Å². The van der Waals surface area contributed by atoms with E-state index in [1.807, 2.05) is 53.6 Å². The second kappa shape index (κ2) is 6.46. The van der Waals surface area contributed by atoms with Gasteiger partial charge >= 0.3 is 0 Å². The van der Waals surface area contributed by atoms with E-state index >= 15 is 0 Å². The first-order valence-electron chi connectivity index (χ1n) is 9.26. The smallest absolute Gasteiger partial charge is 0.256 e. The van der Waals surface area contributed by atoms with Crippen molar-refractivity contribution in [1.29, 1.82) is 0 Å². The molecule has 1 amide bonds. The van der Waals surface area contributed by atoms with E-state index in [9.17, 15) is 4.79 Å². The summed E-state index contributed by atoms with van der Waals surface area (Å²) in [6.07, 6.45) is 8.35. The van der Waals surface area contributed by atoms with Gasteiger partial charge in [-0.15, -0.1) is 0 Å². The molecule has 0 bridgehead atoms. The van der Waals surface area contributed by atoms with Crippen LogP contribution in [0.2, 0.25) is 0 Å². The summed E-state index contributed by atoms with van der Waals surface area (Å²) in [7, 11) is 0. The summed E-state index contributed by atoms with van der Waals surface area (Å²) in [5.41, 5.74) is 3.26. The van der Waals surface area contributed by atoms with Crippen LogP contribution in [-0.4, -0.2) is 36.9 Å². The number of para-hydroxylation sites is 1. The second-order valence-electron chi connectivity index (χ2n) is 6.91. The number of rotatable bonds is 2. The van der Waals surface area contributed by atoms with Gasteiger partial charge in [0, 0.05) is 30.4 Å². The highest BCUT2D eigenvalue weighted by Crippen LogP contribution is 2.31. The van der Waals surface area contributed by atoms with Crippen LogP contribution >= 0.6 is 0 Å². The molecule has 27 heavy (non-hydrogen) atoms. The van der Waals surface area contributed by atoms with Gasteiger partial charge in [-0.05, 0) is 37.5 Å². The number of pyridine rings is 1. The number of likely N-dealkylation sites (tertiary alicyclic amines) is 1. The van der Waals surface area contributed by atoms with E-state index in [4.69, 9.17) is 4.98 Å². The van der Waals surface area contributed by atoms with Crippen LogP contribution in [0.5, 0.6) is 0 Å². The largest absolute Gasteiger partial charge is 0.330 e. The molecule has 0 spiro atoms. The third kappa shape index (κ3) is 2.83. The molecule has 1 aromatic carbocycles. The molecule has 4 aromatic rings. The lowest BCUT2D eigenvalue weighted by Crippen LogP contribution is -2.39. The molecule has 1 fully saturated rings. The molecule has 4 heterocycles. The van der Waals surface area contributed by atoms with Gasteiger partial charge in [0.25, 0.3) is 5.91 Å². The van der Waals surface area contributed by atoms with Crippen LogP contribution in [0.1, 0.15) is 41.4 Å². The predicted molar refractivity (Wildman–Crippen MR) is 102 cm³/mol. The van der Waals surface area contributed by atoms with Crippen LogP contribution in [0.3, 0.4) is 0 Å². The molecule has 6 heteroatoms. The monoisotopic (exact) mass is 357 g/mol. The van der Waals surface area contributed by atoms with Gasteiger partial charge in [0.05, 0.1) is 29.0 Å². The Balaban J connectivity index is 1.51. The van der Waals surface area contributed by atoms with Crippen LogP contribution in [-0.2, 0) is 0 Å². The minimum atomic E-state index is -0.0161. The first-order valence-corrected chi connectivity index (χ1v) is 9.26. The zero-order valence-electron chi connectivity index (χ0n) is 14.8. The topological polar surface area (TPSA) is 63.4 Å². The number of hydrogen-bond donors (Lipinski definition) is 0. The zero-order chi connectivity index (χ0) is 18.2. The summed E-state index contributed by atoms with van der Waals surface area (Å²) in [6, 6.07) is 13.6. The summed E-state index contributed by atoms with van der Waals surface area (Å²) in [5, 5.41) is 5.18. The minimum absolute atomic E-state index is 0.0161. The van der Waals surface area contributed by atoms with Crippen molar-refractivity contribution in [3.8, 4) is 0 Å². The number of fused-ring (bicyclic) bond motifs is 2. The summed E-state index contributed by atoms with van der Waals surface area (Å²) < 4.78 is 1.74. The summed E-state index contributed by atoms with van der Waals surface area (Å²) in [6.45, 7) is 0.739. The van der Waals surface area contributed by atoms with Crippen LogP contribution in [0.4, 0.5) is 0 Å². The highest BCUT2D eigenvalue weighted by Gasteiger charge is 2.30. The fraction of sp³-hybridized carbons (Fsp3) is 0.238. The van der Waals surface area contributed by atoms with Crippen molar-refractivity contribution in [3.05, 3.63) is 72.3 Å². The fourth-order valence-corrected chi connectivity index (χ4v) is 3.85. The van der Waals surface area contributed by atoms with Crippen molar-refractivity contribution in [2.24, 2.45) is 0 Å². The Bertz CT molecular complexity index is 1140. The molecule has 0 aliphatic carbocycles. The molecular formula is C21H19N5O. The number of nitrogens with zero attached hydrogens (tertiary/aromatic N) is 5. The molecule has 0 unspecified atom stereocenters. The highest BCUT2D eigenvalue weighted by atomic mass is 16.2. The maximum Gasteiger partial charge on any atom is 0.256 e. The van der Waals surface area contributed by atoms with Gasteiger partial charge in [-0.25, -0.2) is 9.50 Å². The predicted octanol–water partition coefficient (Wildman–Crippen LogP) is 3.64. The summed E-state index contributed by atoms with van der Waals surface area (Å²) >= 11 is 0. The third-order valence-electron chi connectivity index (χ3n) is 5.22. The van der Waals surface area contributed by atoms with Gasteiger partial charge in [-0.3, -0.25) is 9.78 Å². The van der Waals surface area contributed by atoms with Crippen molar-refractivity contribution in [2.75, 3.05) is 6.54 Å². The minimum Gasteiger partial charge on any atom is -0.330 e. The molecule has 1 aliphatic rings. The van der Waals surface area contributed by atoms with Gasteiger partial charge < -0.3 is 4.90 Å². The Hall–Kier alpha value is -3.28. The molecule has 1 saturated heterocycles. The first kappa shape index (κ1) is 15.9. The van der Waals surface area contributed by atoms with Crippen LogP contribution < -0.4 is 0 Å². The molecule has 3 aromatic heterocycles. The second-order valence-corrected chi connectivity index (χ2v) is 6.91. The number of carbonyl (C=O) groups excluding carboxylic acids is 1. The molecule has 134 valence electrons. The molecule has 1 atom stereocenters. The maximum absolute atomic E-state index is 13.3. The normalized spacial score (nSPS) is 17.5. The Labute approximate surface area is 156 Å². The molecule has 0 saturated carbocycles. The number of hydrogen-bond acceptors (Lipinski definition) is 4. The molecule has 6 nitrogen and oxygen atoms in total. The van der Waals surface area contributed by atoms with Crippen molar-refractivity contribution < 1.29 is 4.79 Å². The lowest BCUT2D eigenvalue weighted by molar-refractivity contribution is 0.0606. The van der Waals surface area contributed by atoms with E-state index < -0.39 is 0 Å². The quantitative estimate of drug-likeness (QED) is 0.549. The number of benzene rings is 1. The molecular weight excluding hydrogens is 338 g/mol. The fourth-order valence-electron chi connectivity index (χ4n) is 3.85. The SMILES string of the molecule is O=C(c1cnc2ccccc2c1)N1CCCC[C@H]1c1ccn2nccc2n1. The molecule has 5 rings (SSSR count). The standard InChI is InChI=1S/C21H19N5O/c27-21(16-13-15-5-1-2-6-17(15)22-14-16)25-11-4-3-7-19(25)18-9-12-26-20(24-18)8-10-23-26/h1-2,5-6,8-10,12-14,19H,3-4,7,11H2/t19-/m0/s1. The van der Waals surface area contributed by atoms with E-state index in [0.717, 1.165) is 48.1 Å². The highest BCUT2D eigenvalue weighted by molar-refractivity contribution is 5.97. The Kier molecular flexibility index (Phi) is 3.81. The van der Waals surface area contributed by atoms with Gasteiger partial charge in [0.2, 0.25) is 0 Å². The van der Waals surface area contributed by atoms with Crippen LogP contribution in [0.15, 0.2) is 61.1 Å². The Morgan fingerprint density at radius 3 is 3.00 bits per heavy atom. The number of amides is 1. The van der Waals surface area contributed by atoms with E-state index in [1.165, 1.54) is 0 Å². The average molecular weight is 357 g/mol. The average Bonchev–Trinajstić information content (AvgIpc) is 3.21. The van der Waals surface area contributed by atoms with Crippen LogP contribution in [0, 0.1) is 0 Å². The number of carbonyl (C=O) groups is 1. The van der Waals surface area contributed by atoms with Crippen LogP contribution in [0.25, 0.3) is 16.6 Å². The molecule has 1 aliphatic heterocycles. The Morgan fingerprint density at radius 1 is 1.11 bits per heavy atom. The maximum atomic E-state index is 13.3. The van der Waals surface area contributed by atoms with E-state index in [2.05, 4.69) is 10.1 Å². The van der Waals surface area contributed by atoms with Gasteiger partial charge in [0.1, 0.15) is 0 Å². The van der Waals surface area contributed by atoms with Gasteiger partial charge in [-0.1, -0.05) is 18.2 Å². The number of piperidine rings is 1. The summed E-state index contributed by atoms with van der Waals surface area (Å²) in [5.74, 6) is 0.0214. The Morgan fingerprint density at radius 2 is 2.04 bits per heavy atom. The zero-order valence-corrected chi connectivity index (χ0v) is 14.8. The lowest BCUT2D eigenvalue weighted by Gasteiger charge is -2.35. The first-order chi connectivity index (χ1) is 13.3. The van der Waals surface area contributed by atoms with E-state index in [-0.39, 0.29) is 11.9 Å². The summed E-state index contributed by atoms with van der Waals surface area (Å²) in [4.78, 5) is 24.4. The van der Waals surface area contributed by atoms with Crippen molar-refractivity contribution in [1.82, 2.24) is 24.5 Å². The number of aromatic nitrogens is 4. The lowest BCUT2D eigenvalue weighted by atomic mass is 9.98. The van der Waals surface area contributed by atoms with Crippen molar-refractivity contribution in [2.45, 2.75) is 25.3 Å². The molecule has 0 N–H and O–H groups in total. The molecule has 0 radical (unpaired) electrons. The third-order valence-corrected chi connectivity index (χ3v) is 5.22. The van der Waals surface area contributed by atoms with Gasteiger partial charge in [0.15, 0.2) is 5.65 Å². The van der Waals surface area contributed by atoms with Gasteiger partial charge in [-0.2, -0.15) is 5.10 Å².